The highest BCUT2D eigenvalue weighted by atomic mass is 35.5. The number of anilines is 2. The van der Waals surface area contributed by atoms with E-state index < -0.39 is 46.8 Å². The number of amides is 4. The SMILES string of the molecule is O=C1[C@H]2[C@H](CC=C3[C@H]2C[C@H]2C(=O)N(c4cccc(Cl)c4)C(=O)[C@@]2(c2ccccc2)[C@H]3c2ccc(CO)o2)C(=O)N1c1ccc(Cl)cc1. The van der Waals surface area contributed by atoms with Crippen molar-refractivity contribution >= 4 is 58.2 Å². The Morgan fingerprint density at radius 2 is 1.53 bits per heavy atom. The average molecular weight is 668 g/mol. The van der Waals surface area contributed by atoms with Crippen LogP contribution in [0.1, 0.15) is 35.8 Å². The number of hydrogen-bond acceptors (Lipinski definition) is 6. The van der Waals surface area contributed by atoms with Gasteiger partial charge in [0.05, 0.1) is 35.0 Å². The molecule has 236 valence electrons. The summed E-state index contributed by atoms with van der Waals surface area (Å²) in [5, 5.41) is 10.8. The minimum atomic E-state index is -1.44. The van der Waals surface area contributed by atoms with Gasteiger partial charge in [0.15, 0.2) is 0 Å². The number of furan rings is 1. The van der Waals surface area contributed by atoms with E-state index >= 15 is 4.79 Å². The second-order valence-electron chi connectivity index (χ2n) is 12.5. The Hall–Kier alpha value is -4.50. The number of aliphatic hydroxyl groups is 1. The van der Waals surface area contributed by atoms with Gasteiger partial charge in [-0.15, -0.1) is 0 Å². The third-order valence-electron chi connectivity index (χ3n) is 10.4. The Morgan fingerprint density at radius 1 is 0.766 bits per heavy atom. The van der Waals surface area contributed by atoms with Gasteiger partial charge in [-0.1, -0.05) is 71.2 Å². The second kappa shape index (κ2) is 11.0. The van der Waals surface area contributed by atoms with E-state index in [1.807, 2.05) is 36.4 Å². The molecule has 0 unspecified atom stereocenters. The number of fused-ring (bicyclic) bond motifs is 4. The van der Waals surface area contributed by atoms with Crippen LogP contribution < -0.4 is 9.80 Å². The Morgan fingerprint density at radius 3 is 2.23 bits per heavy atom. The van der Waals surface area contributed by atoms with Crippen molar-refractivity contribution in [3.63, 3.8) is 0 Å². The molecule has 4 aliphatic rings. The molecular weight excluding hydrogens is 639 g/mol. The molecule has 47 heavy (non-hydrogen) atoms. The number of hydrogen-bond donors (Lipinski definition) is 1. The predicted octanol–water partition coefficient (Wildman–Crippen LogP) is 6.45. The summed E-state index contributed by atoms with van der Waals surface area (Å²) in [5.74, 6) is -4.39. The van der Waals surface area contributed by atoms with Crippen LogP contribution in [0.25, 0.3) is 0 Å². The van der Waals surface area contributed by atoms with E-state index in [0.717, 1.165) is 5.57 Å². The van der Waals surface area contributed by atoms with Crippen molar-refractivity contribution < 1.29 is 28.7 Å². The molecule has 4 aromatic rings. The molecule has 3 aromatic carbocycles. The Labute approximate surface area is 280 Å². The molecule has 2 aliphatic heterocycles. The number of halogens is 2. The quantitative estimate of drug-likeness (QED) is 0.194. The van der Waals surface area contributed by atoms with Crippen LogP contribution in [0.3, 0.4) is 0 Å². The summed E-state index contributed by atoms with van der Waals surface area (Å²) in [6.45, 7) is -0.355. The third-order valence-corrected chi connectivity index (χ3v) is 10.9. The molecule has 1 saturated carbocycles. The summed E-state index contributed by atoms with van der Waals surface area (Å²) < 4.78 is 6.21. The number of nitrogens with zero attached hydrogens (tertiary/aromatic N) is 2. The Bertz CT molecular complexity index is 1990. The van der Waals surface area contributed by atoms with Crippen molar-refractivity contribution in [3.05, 3.63) is 130 Å². The summed E-state index contributed by atoms with van der Waals surface area (Å²) in [6, 6.07) is 25.8. The molecule has 6 atom stereocenters. The van der Waals surface area contributed by atoms with Gasteiger partial charge in [-0.3, -0.25) is 24.1 Å². The fraction of sp³-hybridized carbons (Fsp3) is 0.243. The van der Waals surface area contributed by atoms with E-state index in [1.54, 1.807) is 60.7 Å². The molecule has 0 spiro atoms. The van der Waals surface area contributed by atoms with Crippen LogP contribution in [0.2, 0.25) is 10.0 Å². The first kappa shape index (κ1) is 29.9. The van der Waals surface area contributed by atoms with E-state index in [4.69, 9.17) is 27.6 Å². The Kier molecular flexibility index (Phi) is 7.02. The summed E-state index contributed by atoms with van der Waals surface area (Å²) in [7, 11) is 0. The number of rotatable bonds is 5. The summed E-state index contributed by atoms with van der Waals surface area (Å²) in [4.78, 5) is 60.4. The molecule has 3 fully saturated rings. The number of aliphatic hydroxyl groups excluding tert-OH is 1. The fourth-order valence-electron chi connectivity index (χ4n) is 8.53. The van der Waals surface area contributed by atoms with Crippen molar-refractivity contribution in [3.8, 4) is 0 Å². The normalized spacial score (nSPS) is 28.3. The highest BCUT2D eigenvalue weighted by Crippen LogP contribution is 2.64. The van der Waals surface area contributed by atoms with Crippen LogP contribution in [0.4, 0.5) is 11.4 Å². The predicted molar refractivity (Wildman–Crippen MR) is 175 cm³/mol. The topological polar surface area (TPSA) is 108 Å². The lowest BCUT2D eigenvalue weighted by Gasteiger charge is -2.49. The van der Waals surface area contributed by atoms with Crippen molar-refractivity contribution in [2.24, 2.45) is 23.7 Å². The fourth-order valence-corrected chi connectivity index (χ4v) is 8.84. The van der Waals surface area contributed by atoms with Crippen molar-refractivity contribution in [1.29, 1.82) is 0 Å². The lowest BCUT2D eigenvalue weighted by atomic mass is 9.50. The van der Waals surface area contributed by atoms with Crippen molar-refractivity contribution in [1.82, 2.24) is 0 Å². The van der Waals surface area contributed by atoms with Gasteiger partial charge in [0.1, 0.15) is 23.5 Å². The Balaban J connectivity index is 1.34. The second-order valence-corrected chi connectivity index (χ2v) is 13.4. The van der Waals surface area contributed by atoms with E-state index in [9.17, 15) is 19.5 Å². The van der Waals surface area contributed by atoms with Crippen LogP contribution in [0.15, 0.2) is 107 Å². The minimum absolute atomic E-state index is 0.168. The molecule has 4 amide bonds. The molecule has 1 N–H and O–H groups in total. The maximum Gasteiger partial charge on any atom is 0.246 e. The monoisotopic (exact) mass is 666 g/mol. The molecular formula is C37H28Cl2N2O6. The third kappa shape index (κ3) is 4.25. The van der Waals surface area contributed by atoms with Gasteiger partial charge in [-0.05, 0) is 78.9 Å². The first-order valence-electron chi connectivity index (χ1n) is 15.5. The minimum Gasteiger partial charge on any atom is -0.463 e. The molecule has 0 bridgehead atoms. The van der Waals surface area contributed by atoms with Gasteiger partial charge in [0.25, 0.3) is 0 Å². The molecule has 2 aliphatic carbocycles. The van der Waals surface area contributed by atoms with E-state index in [2.05, 4.69) is 0 Å². The number of imide groups is 2. The van der Waals surface area contributed by atoms with Gasteiger partial charge in [0, 0.05) is 10.0 Å². The highest BCUT2D eigenvalue weighted by molar-refractivity contribution is 6.32. The lowest BCUT2D eigenvalue weighted by molar-refractivity contribution is -0.127. The number of allylic oxidation sites excluding steroid dienone is 2. The van der Waals surface area contributed by atoms with Gasteiger partial charge in [-0.25, -0.2) is 4.90 Å². The van der Waals surface area contributed by atoms with Crippen LogP contribution in [-0.2, 0) is 31.2 Å². The molecule has 10 heteroatoms. The lowest BCUT2D eigenvalue weighted by Crippen LogP contribution is -2.53. The van der Waals surface area contributed by atoms with Gasteiger partial charge >= 0.3 is 0 Å². The summed E-state index contributed by atoms with van der Waals surface area (Å²) in [5.41, 5.74) is 0.755. The zero-order valence-corrected chi connectivity index (χ0v) is 26.4. The highest BCUT2D eigenvalue weighted by Gasteiger charge is 2.71. The maximum absolute atomic E-state index is 15.1. The van der Waals surface area contributed by atoms with Gasteiger partial charge in [-0.2, -0.15) is 0 Å². The van der Waals surface area contributed by atoms with E-state index in [1.165, 1.54) is 9.80 Å². The zero-order valence-electron chi connectivity index (χ0n) is 24.9. The van der Waals surface area contributed by atoms with E-state index in [0.29, 0.717) is 38.5 Å². The summed E-state index contributed by atoms with van der Waals surface area (Å²) in [6.07, 6.45) is 2.42. The largest absolute Gasteiger partial charge is 0.463 e. The molecule has 8 nitrogen and oxygen atoms in total. The molecule has 1 aromatic heterocycles. The molecule has 0 radical (unpaired) electrons. The molecule has 2 saturated heterocycles. The smallest absolute Gasteiger partial charge is 0.246 e. The molecule has 8 rings (SSSR count). The van der Waals surface area contributed by atoms with Gasteiger partial charge in [0.2, 0.25) is 23.6 Å². The standard InChI is InChI=1S/C37H28Cl2N2O6/c38-21-9-11-23(12-10-21)40-33(43)27-15-14-26-28(31(27)35(40)45)18-29-34(44)41(24-8-4-7-22(39)17-24)36(46)37(29,20-5-2-1-3-6-20)32(26)30-16-13-25(19-42)47-30/h1-14,16-17,27-29,31-32,42H,15,18-19H2/t27-,28+,29-,31-,32+,37+/m0/s1. The van der Waals surface area contributed by atoms with Crippen molar-refractivity contribution in [2.75, 3.05) is 9.80 Å². The van der Waals surface area contributed by atoms with Crippen LogP contribution in [0.5, 0.6) is 0 Å². The maximum atomic E-state index is 15.1. The van der Waals surface area contributed by atoms with Crippen LogP contribution in [-0.4, -0.2) is 28.7 Å². The molecule has 3 heterocycles. The first-order valence-corrected chi connectivity index (χ1v) is 16.2. The number of carbonyl (C=O) groups is 4. The average Bonchev–Trinajstić information content (AvgIpc) is 3.72. The van der Waals surface area contributed by atoms with Crippen LogP contribution >= 0.6 is 23.2 Å². The van der Waals surface area contributed by atoms with Crippen LogP contribution in [0, 0.1) is 23.7 Å². The number of benzene rings is 3. The zero-order chi connectivity index (χ0) is 32.6. The first-order chi connectivity index (χ1) is 22.7. The van der Waals surface area contributed by atoms with Crippen molar-refractivity contribution in [2.45, 2.75) is 30.8 Å². The summed E-state index contributed by atoms with van der Waals surface area (Å²) >= 11 is 12.5. The van der Waals surface area contributed by atoms with E-state index in [-0.39, 0.29) is 31.3 Å². The number of carbonyl (C=O) groups excluding carboxylic acids is 4. The van der Waals surface area contributed by atoms with Gasteiger partial charge < -0.3 is 9.52 Å².